The van der Waals surface area contributed by atoms with Crippen LogP contribution < -0.4 is 0 Å². The normalized spacial score (nSPS) is 17.5. The third-order valence-electron chi connectivity index (χ3n) is 4.01. The second-order valence-electron chi connectivity index (χ2n) is 7.16. The standard InChI is InChI=1S/C18H24BrN3O4/c1-5-25-16(23)15-13(9-20)14(19)11-22(15)12-7-6-8-21(10-12)17(24)26-18(2,3)4/h11-12H,5-8,10H2,1-4H3/t12-/m1/s1. The number of esters is 1. The van der Waals surface area contributed by atoms with Crippen molar-refractivity contribution in [2.45, 2.75) is 52.2 Å². The van der Waals surface area contributed by atoms with Crippen LogP contribution in [-0.2, 0) is 9.47 Å². The van der Waals surface area contributed by atoms with E-state index in [2.05, 4.69) is 22.0 Å². The molecule has 2 heterocycles. The summed E-state index contributed by atoms with van der Waals surface area (Å²) in [5, 5.41) is 9.41. The quantitative estimate of drug-likeness (QED) is 0.686. The van der Waals surface area contributed by atoms with Crippen LogP contribution in [-0.4, -0.2) is 46.8 Å². The molecule has 7 nitrogen and oxygen atoms in total. The highest BCUT2D eigenvalue weighted by atomic mass is 79.9. The van der Waals surface area contributed by atoms with Crippen molar-refractivity contribution in [1.29, 1.82) is 5.26 Å². The molecule has 2 rings (SSSR count). The number of hydrogen-bond donors (Lipinski definition) is 0. The number of amides is 1. The third-order valence-corrected chi connectivity index (χ3v) is 4.61. The number of carbonyl (C=O) groups is 2. The largest absolute Gasteiger partial charge is 0.461 e. The topological polar surface area (TPSA) is 84.6 Å². The maximum Gasteiger partial charge on any atom is 0.410 e. The van der Waals surface area contributed by atoms with E-state index in [1.165, 1.54) is 0 Å². The molecule has 26 heavy (non-hydrogen) atoms. The molecule has 0 aliphatic carbocycles. The smallest absolute Gasteiger partial charge is 0.410 e. The number of rotatable bonds is 3. The van der Waals surface area contributed by atoms with Crippen LogP contribution in [0.1, 0.15) is 62.6 Å². The Morgan fingerprint density at radius 3 is 2.69 bits per heavy atom. The monoisotopic (exact) mass is 425 g/mol. The van der Waals surface area contributed by atoms with Crippen molar-refractivity contribution in [1.82, 2.24) is 9.47 Å². The molecule has 142 valence electrons. The minimum Gasteiger partial charge on any atom is -0.461 e. The number of aromatic nitrogens is 1. The Kier molecular flexibility index (Phi) is 6.34. The highest BCUT2D eigenvalue weighted by molar-refractivity contribution is 9.10. The Morgan fingerprint density at radius 1 is 1.42 bits per heavy atom. The Hall–Kier alpha value is -2.01. The average Bonchev–Trinajstić information content (AvgIpc) is 2.90. The first-order valence-electron chi connectivity index (χ1n) is 8.63. The molecule has 1 amide bonds. The maximum absolute atomic E-state index is 12.4. The molecule has 0 aromatic carbocycles. The summed E-state index contributed by atoms with van der Waals surface area (Å²) in [5.74, 6) is -0.538. The predicted molar refractivity (Wildman–Crippen MR) is 98.9 cm³/mol. The van der Waals surface area contributed by atoms with Crippen LogP contribution in [0.2, 0.25) is 0 Å². The molecule has 1 aliphatic rings. The molecule has 1 aromatic heterocycles. The summed E-state index contributed by atoms with van der Waals surface area (Å²) in [6, 6.07) is 1.92. The molecule has 0 saturated carbocycles. The van der Waals surface area contributed by atoms with Gasteiger partial charge >= 0.3 is 12.1 Å². The lowest BCUT2D eigenvalue weighted by Crippen LogP contribution is -2.43. The Balaban J connectivity index is 2.29. The second-order valence-corrected chi connectivity index (χ2v) is 8.02. The minimum absolute atomic E-state index is 0.130. The zero-order valence-corrected chi connectivity index (χ0v) is 17.1. The van der Waals surface area contributed by atoms with Gasteiger partial charge in [-0.1, -0.05) is 0 Å². The van der Waals surface area contributed by atoms with E-state index >= 15 is 0 Å². The third kappa shape index (κ3) is 4.58. The molecule has 1 fully saturated rings. The number of carbonyl (C=O) groups excluding carboxylic acids is 2. The van der Waals surface area contributed by atoms with Crippen molar-refractivity contribution in [3.8, 4) is 6.07 Å². The Labute approximate surface area is 162 Å². The number of piperidine rings is 1. The van der Waals surface area contributed by atoms with E-state index < -0.39 is 11.6 Å². The van der Waals surface area contributed by atoms with Gasteiger partial charge in [0.2, 0.25) is 0 Å². The van der Waals surface area contributed by atoms with Gasteiger partial charge in [-0.15, -0.1) is 0 Å². The van der Waals surface area contributed by atoms with E-state index in [1.807, 2.05) is 20.8 Å². The molecule has 0 radical (unpaired) electrons. The van der Waals surface area contributed by atoms with Crippen LogP contribution >= 0.6 is 15.9 Å². The summed E-state index contributed by atoms with van der Waals surface area (Å²) >= 11 is 3.34. The van der Waals surface area contributed by atoms with E-state index in [-0.39, 0.29) is 30.0 Å². The summed E-state index contributed by atoms with van der Waals surface area (Å²) in [5.41, 5.74) is -0.0972. The van der Waals surface area contributed by atoms with Gasteiger partial charge in [-0.3, -0.25) is 0 Å². The fourth-order valence-corrected chi connectivity index (χ4v) is 3.47. The van der Waals surface area contributed by atoms with E-state index in [1.54, 1.807) is 22.6 Å². The highest BCUT2D eigenvalue weighted by Crippen LogP contribution is 2.31. The van der Waals surface area contributed by atoms with Crippen LogP contribution in [0.15, 0.2) is 10.7 Å². The van der Waals surface area contributed by atoms with Gasteiger partial charge in [0, 0.05) is 19.3 Å². The first-order valence-corrected chi connectivity index (χ1v) is 9.42. The molecule has 1 aliphatic heterocycles. The maximum atomic E-state index is 12.4. The molecule has 1 saturated heterocycles. The molecular weight excluding hydrogens is 402 g/mol. The summed E-state index contributed by atoms with van der Waals surface area (Å²) in [6.45, 7) is 8.44. The van der Waals surface area contributed by atoms with Crippen molar-refractivity contribution in [2.24, 2.45) is 0 Å². The number of nitriles is 1. The van der Waals surface area contributed by atoms with Gasteiger partial charge in [0.1, 0.15) is 17.4 Å². The van der Waals surface area contributed by atoms with Crippen molar-refractivity contribution in [3.05, 3.63) is 21.9 Å². The van der Waals surface area contributed by atoms with E-state index in [0.29, 0.717) is 17.6 Å². The van der Waals surface area contributed by atoms with Crippen molar-refractivity contribution >= 4 is 28.0 Å². The molecular formula is C18H24BrN3O4. The molecule has 8 heteroatoms. The van der Waals surface area contributed by atoms with Crippen molar-refractivity contribution in [3.63, 3.8) is 0 Å². The Bertz CT molecular complexity index is 730. The number of halogens is 1. The minimum atomic E-state index is -0.565. The highest BCUT2D eigenvalue weighted by Gasteiger charge is 2.32. The lowest BCUT2D eigenvalue weighted by molar-refractivity contribution is 0.0171. The molecule has 0 unspecified atom stereocenters. The van der Waals surface area contributed by atoms with E-state index in [0.717, 1.165) is 12.8 Å². The van der Waals surface area contributed by atoms with Gasteiger partial charge in [0.15, 0.2) is 0 Å². The van der Waals surface area contributed by atoms with Crippen LogP contribution in [0, 0.1) is 11.3 Å². The first-order chi connectivity index (χ1) is 12.2. The summed E-state index contributed by atoms with van der Waals surface area (Å²) in [4.78, 5) is 26.4. The zero-order chi connectivity index (χ0) is 19.5. The zero-order valence-electron chi connectivity index (χ0n) is 15.5. The lowest BCUT2D eigenvalue weighted by Gasteiger charge is -2.35. The van der Waals surface area contributed by atoms with Crippen molar-refractivity contribution < 1.29 is 19.1 Å². The van der Waals surface area contributed by atoms with Gasteiger partial charge in [-0.2, -0.15) is 5.26 Å². The molecule has 0 bridgehead atoms. The number of hydrogen-bond acceptors (Lipinski definition) is 5. The van der Waals surface area contributed by atoms with Gasteiger partial charge in [-0.05, 0) is 56.5 Å². The van der Waals surface area contributed by atoms with Gasteiger partial charge in [-0.25, -0.2) is 9.59 Å². The average molecular weight is 426 g/mol. The number of nitrogens with zero attached hydrogens (tertiary/aromatic N) is 3. The SMILES string of the molecule is CCOC(=O)c1c(C#N)c(Br)cn1[C@@H]1CCCN(C(=O)OC(C)(C)C)C1. The fourth-order valence-electron chi connectivity index (χ4n) is 2.97. The van der Waals surface area contributed by atoms with E-state index in [9.17, 15) is 14.9 Å². The summed E-state index contributed by atoms with van der Waals surface area (Å²) in [6.07, 6.45) is 2.92. The van der Waals surface area contributed by atoms with Gasteiger partial charge < -0.3 is 18.9 Å². The summed E-state index contributed by atoms with van der Waals surface area (Å²) < 4.78 is 12.9. The van der Waals surface area contributed by atoms with Crippen LogP contribution in [0.25, 0.3) is 0 Å². The van der Waals surface area contributed by atoms with Crippen LogP contribution in [0.4, 0.5) is 4.79 Å². The lowest BCUT2D eigenvalue weighted by atomic mass is 10.1. The molecule has 1 aromatic rings. The second kappa shape index (κ2) is 8.12. The number of likely N-dealkylation sites (tertiary alicyclic amines) is 1. The summed E-state index contributed by atoms with van der Waals surface area (Å²) in [7, 11) is 0. The van der Waals surface area contributed by atoms with Crippen molar-refractivity contribution in [2.75, 3.05) is 19.7 Å². The number of ether oxygens (including phenoxy) is 2. The van der Waals surface area contributed by atoms with E-state index in [4.69, 9.17) is 9.47 Å². The first kappa shape index (κ1) is 20.3. The Morgan fingerprint density at radius 2 is 2.12 bits per heavy atom. The molecule has 0 N–H and O–H groups in total. The van der Waals surface area contributed by atoms with Gasteiger partial charge in [0.25, 0.3) is 0 Å². The van der Waals surface area contributed by atoms with Gasteiger partial charge in [0.05, 0.1) is 22.7 Å². The fraction of sp³-hybridized carbons (Fsp3) is 0.611. The van der Waals surface area contributed by atoms with Crippen LogP contribution in [0.3, 0.4) is 0 Å². The molecule has 0 spiro atoms. The molecule has 1 atom stereocenters. The predicted octanol–water partition coefficient (Wildman–Crippen LogP) is 3.87. The van der Waals surface area contributed by atoms with Crippen LogP contribution in [0.5, 0.6) is 0 Å².